The van der Waals surface area contributed by atoms with Gasteiger partial charge in [0.05, 0.1) is 7.11 Å². The fraction of sp³-hybridized carbons (Fsp3) is 0.533. The predicted molar refractivity (Wildman–Crippen MR) is 74.4 cm³/mol. The molecule has 0 radical (unpaired) electrons. The van der Waals surface area contributed by atoms with Crippen molar-refractivity contribution in [3.8, 4) is 5.75 Å². The van der Waals surface area contributed by atoms with Crippen LogP contribution >= 0.6 is 0 Å². The number of carbonyl (C=O) groups excluding carboxylic acids is 1. The van der Waals surface area contributed by atoms with Gasteiger partial charge in [0.25, 0.3) is 0 Å². The molecule has 0 aliphatic heterocycles. The minimum absolute atomic E-state index is 0.175. The second-order valence-corrected chi connectivity index (χ2v) is 4.99. The maximum absolute atomic E-state index is 12.3. The molecule has 1 aromatic carbocycles. The van der Waals surface area contributed by atoms with Crippen LogP contribution in [0.5, 0.6) is 5.75 Å². The van der Waals surface area contributed by atoms with Crippen LogP contribution in [0.3, 0.4) is 0 Å². The zero-order valence-corrected chi connectivity index (χ0v) is 12.0. The molecule has 0 aliphatic rings. The second kappa shape index (κ2) is 6.01. The first-order chi connectivity index (χ1) is 8.42. The molecule has 0 fully saturated rings. The van der Waals surface area contributed by atoms with E-state index in [0.717, 1.165) is 28.0 Å². The third-order valence-corrected chi connectivity index (χ3v) is 3.48. The van der Waals surface area contributed by atoms with Crippen LogP contribution in [0.2, 0.25) is 0 Å². The summed E-state index contributed by atoms with van der Waals surface area (Å²) in [5.74, 6) is 1.24. The molecule has 1 unspecified atom stereocenters. The summed E-state index contributed by atoms with van der Waals surface area (Å²) < 4.78 is 5.31. The molecule has 0 aliphatic carbocycles. The van der Waals surface area contributed by atoms with Crippen molar-refractivity contribution in [2.75, 3.05) is 13.7 Å². The van der Waals surface area contributed by atoms with E-state index >= 15 is 0 Å². The van der Waals surface area contributed by atoms with E-state index in [-0.39, 0.29) is 11.7 Å². The van der Waals surface area contributed by atoms with Gasteiger partial charge in [-0.2, -0.15) is 0 Å². The summed E-state index contributed by atoms with van der Waals surface area (Å²) in [6, 6.07) is 1.93. The summed E-state index contributed by atoms with van der Waals surface area (Å²) in [5, 5.41) is 0. The Labute approximate surface area is 109 Å². The van der Waals surface area contributed by atoms with Crippen LogP contribution in [-0.2, 0) is 0 Å². The van der Waals surface area contributed by atoms with Crippen LogP contribution in [0.1, 0.15) is 40.4 Å². The van der Waals surface area contributed by atoms with Crippen molar-refractivity contribution in [3.05, 3.63) is 28.3 Å². The molecule has 18 heavy (non-hydrogen) atoms. The molecule has 0 saturated carbocycles. The van der Waals surface area contributed by atoms with Gasteiger partial charge in [-0.05, 0) is 56.0 Å². The summed E-state index contributed by atoms with van der Waals surface area (Å²) in [5.41, 5.74) is 9.43. The highest BCUT2D eigenvalue weighted by atomic mass is 16.5. The van der Waals surface area contributed by atoms with E-state index in [4.69, 9.17) is 10.5 Å². The first-order valence-corrected chi connectivity index (χ1v) is 6.30. The van der Waals surface area contributed by atoms with Crippen molar-refractivity contribution in [1.82, 2.24) is 0 Å². The van der Waals surface area contributed by atoms with Gasteiger partial charge in [0.15, 0.2) is 5.78 Å². The Morgan fingerprint density at radius 3 is 2.44 bits per heavy atom. The number of hydrogen-bond acceptors (Lipinski definition) is 3. The third-order valence-electron chi connectivity index (χ3n) is 3.48. The van der Waals surface area contributed by atoms with E-state index < -0.39 is 0 Å². The largest absolute Gasteiger partial charge is 0.496 e. The minimum atomic E-state index is 0.175. The first kappa shape index (κ1) is 14.7. The van der Waals surface area contributed by atoms with Crippen molar-refractivity contribution in [3.63, 3.8) is 0 Å². The van der Waals surface area contributed by atoms with Crippen LogP contribution in [-0.4, -0.2) is 19.4 Å². The predicted octanol–water partition coefficient (Wildman–Crippen LogP) is 2.79. The summed E-state index contributed by atoms with van der Waals surface area (Å²) in [6.45, 7) is 8.45. The number of aryl methyl sites for hydroxylation is 1. The summed E-state index contributed by atoms with van der Waals surface area (Å²) in [6.07, 6.45) is 0.504. The number of rotatable bonds is 5. The fourth-order valence-corrected chi connectivity index (χ4v) is 2.19. The molecule has 1 rings (SSSR count). The Morgan fingerprint density at radius 2 is 1.94 bits per heavy atom. The zero-order chi connectivity index (χ0) is 13.9. The molecule has 0 amide bonds. The molecule has 3 heteroatoms. The molecule has 0 heterocycles. The highest BCUT2D eigenvalue weighted by Gasteiger charge is 2.18. The molecule has 1 atom stereocenters. The van der Waals surface area contributed by atoms with Gasteiger partial charge in [0.2, 0.25) is 0 Å². The highest BCUT2D eigenvalue weighted by Crippen LogP contribution is 2.28. The normalized spacial score (nSPS) is 12.3. The Kier molecular flexibility index (Phi) is 4.91. The van der Waals surface area contributed by atoms with Gasteiger partial charge in [0.1, 0.15) is 5.75 Å². The quantitative estimate of drug-likeness (QED) is 0.816. The Balaban J connectivity index is 3.17. The van der Waals surface area contributed by atoms with Crippen LogP contribution in [0, 0.1) is 26.7 Å². The standard InChI is InChI=1S/C15H23NO2/c1-9(8-16)6-13(17)15-10(2)7-14(18-5)11(3)12(15)4/h7,9H,6,8,16H2,1-5H3. The van der Waals surface area contributed by atoms with Crippen molar-refractivity contribution >= 4 is 5.78 Å². The molecule has 2 N–H and O–H groups in total. The molecular weight excluding hydrogens is 226 g/mol. The average molecular weight is 249 g/mol. The highest BCUT2D eigenvalue weighted by molar-refractivity contribution is 5.99. The first-order valence-electron chi connectivity index (χ1n) is 6.30. The molecule has 0 bridgehead atoms. The lowest BCUT2D eigenvalue weighted by molar-refractivity contribution is 0.0964. The minimum Gasteiger partial charge on any atom is -0.496 e. The number of benzene rings is 1. The van der Waals surface area contributed by atoms with E-state index in [9.17, 15) is 4.79 Å². The Morgan fingerprint density at radius 1 is 1.33 bits per heavy atom. The monoisotopic (exact) mass is 249 g/mol. The SMILES string of the molecule is COc1cc(C)c(C(=O)CC(C)CN)c(C)c1C. The molecule has 0 spiro atoms. The second-order valence-electron chi connectivity index (χ2n) is 4.99. The van der Waals surface area contributed by atoms with E-state index in [1.165, 1.54) is 0 Å². The number of ether oxygens (including phenoxy) is 1. The van der Waals surface area contributed by atoms with Crippen LogP contribution in [0.25, 0.3) is 0 Å². The van der Waals surface area contributed by atoms with Gasteiger partial charge in [-0.15, -0.1) is 0 Å². The van der Waals surface area contributed by atoms with Gasteiger partial charge in [-0.1, -0.05) is 6.92 Å². The summed E-state index contributed by atoms with van der Waals surface area (Å²) >= 11 is 0. The molecule has 100 valence electrons. The van der Waals surface area contributed by atoms with E-state index in [0.29, 0.717) is 13.0 Å². The van der Waals surface area contributed by atoms with Crippen molar-refractivity contribution in [1.29, 1.82) is 0 Å². The van der Waals surface area contributed by atoms with E-state index in [1.54, 1.807) is 7.11 Å². The number of Topliss-reactive ketones (excluding diaryl/α,β-unsaturated/α-hetero) is 1. The summed E-state index contributed by atoms with van der Waals surface area (Å²) in [4.78, 5) is 12.3. The van der Waals surface area contributed by atoms with Gasteiger partial charge in [-0.25, -0.2) is 0 Å². The third kappa shape index (κ3) is 2.91. The maximum Gasteiger partial charge on any atom is 0.163 e. The van der Waals surface area contributed by atoms with E-state index in [2.05, 4.69) is 0 Å². The lowest BCUT2D eigenvalue weighted by atomic mass is 9.90. The van der Waals surface area contributed by atoms with Crippen LogP contribution < -0.4 is 10.5 Å². The lowest BCUT2D eigenvalue weighted by Crippen LogP contribution is -2.17. The fourth-order valence-electron chi connectivity index (χ4n) is 2.19. The van der Waals surface area contributed by atoms with Crippen molar-refractivity contribution in [2.24, 2.45) is 11.7 Å². The van der Waals surface area contributed by atoms with Gasteiger partial charge >= 0.3 is 0 Å². The molecule has 0 saturated heterocycles. The lowest BCUT2D eigenvalue weighted by Gasteiger charge is -2.16. The smallest absolute Gasteiger partial charge is 0.163 e. The number of hydrogen-bond donors (Lipinski definition) is 1. The van der Waals surface area contributed by atoms with Crippen LogP contribution in [0.15, 0.2) is 6.07 Å². The van der Waals surface area contributed by atoms with Crippen molar-refractivity contribution in [2.45, 2.75) is 34.1 Å². The van der Waals surface area contributed by atoms with Gasteiger partial charge < -0.3 is 10.5 Å². The molecular formula is C15H23NO2. The number of methoxy groups -OCH3 is 1. The summed E-state index contributed by atoms with van der Waals surface area (Å²) in [7, 11) is 1.65. The molecule has 3 nitrogen and oxygen atoms in total. The van der Waals surface area contributed by atoms with Crippen LogP contribution in [0.4, 0.5) is 0 Å². The molecule has 0 aromatic heterocycles. The topological polar surface area (TPSA) is 52.3 Å². The number of carbonyl (C=O) groups is 1. The van der Waals surface area contributed by atoms with Crippen molar-refractivity contribution < 1.29 is 9.53 Å². The number of ketones is 1. The number of nitrogens with two attached hydrogens (primary N) is 1. The Bertz CT molecular complexity index is 452. The average Bonchev–Trinajstić information content (AvgIpc) is 2.33. The van der Waals surface area contributed by atoms with E-state index in [1.807, 2.05) is 33.8 Å². The maximum atomic E-state index is 12.3. The molecule has 1 aromatic rings. The van der Waals surface area contributed by atoms with Gasteiger partial charge in [-0.3, -0.25) is 4.79 Å². The Hall–Kier alpha value is -1.35. The zero-order valence-electron chi connectivity index (χ0n) is 12.0. The van der Waals surface area contributed by atoms with Gasteiger partial charge in [0, 0.05) is 12.0 Å².